The average molecular weight is 425 g/mol. The van der Waals surface area contributed by atoms with Crippen LogP contribution in [-0.2, 0) is 0 Å². The Hall–Kier alpha value is -4.17. The van der Waals surface area contributed by atoms with Crippen LogP contribution < -0.4 is 0 Å². The second-order valence-electron chi connectivity index (χ2n) is 8.73. The van der Waals surface area contributed by atoms with Crippen LogP contribution in [0.1, 0.15) is 11.1 Å². The topological polar surface area (TPSA) is 28.7 Å². The van der Waals surface area contributed by atoms with Crippen LogP contribution in [0, 0.1) is 13.8 Å². The molecule has 0 saturated heterocycles. The van der Waals surface area contributed by atoms with Crippen molar-refractivity contribution in [3.05, 3.63) is 114 Å². The van der Waals surface area contributed by atoms with Gasteiger partial charge >= 0.3 is 0 Å². The minimum absolute atomic E-state index is 0.892. The fourth-order valence-corrected chi connectivity index (χ4v) is 4.60. The summed E-state index contributed by atoms with van der Waals surface area (Å²) in [5.74, 6) is 0.892. The summed E-state index contributed by atoms with van der Waals surface area (Å²) in [4.78, 5) is 8.87. The number of H-pyrrole nitrogens is 1. The number of hydrogen-bond acceptors (Lipinski definition) is 1. The van der Waals surface area contributed by atoms with Gasteiger partial charge in [-0.3, -0.25) is 0 Å². The summed E-state index contributed by atoms with van der Waals surface area (Å²) >= 11 is 0. The van der Waals surface area contributed by atoms with E-state index in [4.69, 9.17) is 4.98 Å². The summed E-state index contributed by atoms with van der Waals surface area (Å²) in [6.45, 7) is 4.23. The molecule has 2 heteroatoms. The molecule has 0 radical (unpaired) electrons. The molecule has 0 fully saturated rings. The second-order valence-corrected chi connectivity index (χ2v) is 8.73. The molecule has 1 aromatic heterocycles. The van der Waals surface area contributed by atoms with Crippen LogP contribution in [0.2, 0.25) is 0 Å². The third-order valence-electron chi connectivity index (χ3n) is 6.39. The zero-order valence-electron chi connectivity index (χ0n) is 18.8. The van der Waals surface area contributed by atoms with Crippen molar-refractivity contribution >= 4 is 21.5 Å². The number of benzene rings is 5. The highest BCUT2D eigenvalue weighted by molar-refractivity contribution is 6.13. The number of aromatic amines is 1. The zero-order valence-corrected chi connectivity index (χ0v) is 18.8. The first kappa shape index (κ1) is 19.5. The normalized spacial score (nSPS) is 11.3. The molecule has 0 unspecified atom stereocenters. The molecular formula is C31H24N2. The largest absolute Gasteiger partial charge is 0.337 e. The first-order valence-corrected chi connectivity index (χ1v) is 11.3. The van der Waals surface area contributed by atoms with Gasteiger partial charge in [-0.15, -0.1) is 0 Å². The van der Waals surface area contributed by atoms with Gasteiger partial charge < -0.3 is 4.98 Å². The summed E-state index contributed by atoms with van der Waals surface area (Å²) in [6.07, 6.45) is 0. The van der Waals surface area contributed by atoms with Gasteiger partial charge in [0.1, 0.15) is 5.82 Å². The molecule has 6 aromatic rings. The van der Waals surface area contributed by atoms with Crippen molar-refractivity contribution in [1.29, 1.82) is 0 Å². The maximum atomic E-state index is 5.18. The molecule has 5 aromatic carbocycles. The van der Waals surface area contributed by atoms with E-state index in [2.05, 4.69) is 122 Å². The Morgan fingerprint density at radius 1 is 0.576 bits per heavy atom. The summed E-state index contributed by atoms with van der Waals surface area (Å²) in [6, 6.07) is 36.7. The van der Waals surface area contributed by atoms with Crippen molar-refractivity contribution in [3.63, 3.8) is 0 Å². The van der Waals surface area contributed by atoms with E-state index in [0.717, 1.165) is 33.9 Å². The molecule has 1 N–H and O–H groups in total. The summed E-state index contributed by atoms with van der Waals surface area (Å²) in [7, 11) is 0. The lowest BCUT2D eigenvalue weighted by Gasteiger charge is -2.09. The molecule has 0 aliphatic rings. The highest BCUT2D eigenvalue weighted by Gasteiger charge is 2.17. The van der Waals surface area contributed by atoms with E-state index in [1.807, 2.05) is 0 Å². The molecule has 0 aliphatic carbocycles. The Morgan fingerprint density at radius 3 is 1.85 bits per heavy atom. The number of aromatic nitrogens is 2. The Kier molecular flexibility index (Phi) is 4.58. The van der Waals surface area contributed by atoms with Crippen LogP contribution in [0.25, 0.3) is 55.4 Å². The summed E-state index contributed by atoms with van der Waals surface area (Å²) in [5.41, 5.74) is 7.89. The lowest BCUT2D eigenvalue weighted by molar-refractivity contribution is 1.32. The SMILES string of the molecule is Cc1ccc(-c2nc(-c3cc4ccccc4c4ccccc34)[nH]c2-c2ccc(C)cc2)cc1. The maximum absolute atomic E-state index is 5.18. The van der Waals surface area contributed by atoms with E-state index >= 15 is 0 Å². The van der Waals surface area contributed by atoms with Crippen molar-refractivity contribution in [2.45, 2.75) is 13.8 Å². The third kappa shape index (κ3) is 3.41. The molecule has 0 spiro atoms. The van der Waals surface area contributed by atoms with Crippen LogP contribution in [0.15, 0.2) is 103 Å². The van der Waals surface area contributed by atoms with Gasteiger partial charge in [0.25, 0.3) is 0 Å². The number of imidazole rings is 1. The Balaban J connectivity index is 1.64. The van der Waals surface area contributed by atoms with Crippen molar-refractivity contribution < 1.29 is 0 Å². The highest BCUT2D eigenvalue weighted by atomic mass is 14.9. The number of nitrogens with one attached hydrogen (secondary N) is 1. The van der Waals surface area contributed by atoms with E-state index in [0.29, 0.717) is 0 Å². The van der Waals surface area contributed by atoms with Gasteiger partial charge in [-0.2, -0.15) is 0 Å². The Bertz CT molecular complexity index is 1540. The summed E-state index contributed by atoms with van der Waals surface area (Å²) in [5, 5.41) is 4.93. The van der Waals surface area contributed by atoms with Gasteiger partial charge in [0.05, 0.1) is 11.4 Å². The monoisotopic (exact) mass is 424 g/mol. The van der Waals surface area contributed by atoms with Crippen molar-refractivity contribution in [2.75, 3.05) is 0 Å². The molecule has 1 heterocycles. The van der Waals surface area contributed by atoms with Gasteiger partial charge in [-0.1, -0.05) is 108 Å². The molecule has 0 saturated carbocycles. The van der Waals surface area contributed by atoms with E-state index in [1.165, 1.54) is 32.7 Å². The van der Waals surface area contributed by atoms with Crippen LogP contribution >= 0.6 is 0 Å². The van der Waals surface area contributed by atoms with Gasteiger partial charge in [0.2, 0.25) is 0 Å². The smallest absolute Gasteiger partial charge is 0.139 e. The minimum atomic E-state index is 0.892. The molecule has 0 amide bonds. The van der Waals surface area contributed by atoms with Crippen molar-refractivity contribution in [3.8, 4) is 33.9 Å². The van der Waals surface area contributed by atoms with Crippen LogP contribution in [0.3, 0.4) is 0 Å². The predicted octanol–water partition coefficient (Wildman–Crippen LogP) is 8.33. The zero-order chi connectivity index (χ0) is 22.4. The molecule has 0 atom stereocenters. The predicted molar refractivity (Wildman–Crippen MR) is 139 cm³/mol. The molecular weight excluding hydrogens is 400 g/mol. The van der Waals surface area contributed by atoms with Gasteiger partial charge in [-0.25, -0.2) is 4.98 Å². The van der Waals surface area contributed by atoms with E-state index in [9.17, 15) is 0 Å². The van der Waals surface area contributed by atoms with Crippen LogP contribution in [0.4, 0.5) is 0 Å². The standard InChI is InChI=1S/C31H24N2/c1-20-11-15-22(16-12-20)29-30(23-17-13-21(2)14-18-23)33-31(32-29)28-19-24-7-3-4-8-25(24)26-9-5-6-10-27(26)28/h3-19H,1-2H3,(H,32,33). The van der Waals surface area contributed by atoms with E-state index in [1.54, 1.807) is 0 Å². The number of nitrogens with zero attached hydrogens (tertiary/aromatic N) is 1. The fourth-order valence-electron chi connectivity index (χ4n) is 4.60. The number of hydrogen-bond donors (Lipinski definition) is 1. The molecule has 6 rings (SSSR count). The summed E-state index contributed by atoms with van der Waals surface area (Å²) < 4.78 is 0. The van der Waals surface area contributed by atoms with Crippen LogP contribution in [0.5, 0.6) is 0 Å². The lowest BCUT2D eigenvalue weighted by Crippen LogP contribution is -1.86. The molecule has 158 valence electrons. The lowest BCUT2D eigenvalue weighted by atomic mass is 9.97. The molecule has 0 bridgehead atoms. The first-order valence-electron chi connectivity index (χ1n) is 11.3. The second kappa shape index (κ2) is 7.75. The van der Waals surface area contributed by atoms with Gasteiger partial charge in [0, 0.05) is 16.7 Å². The average Bonchev–Trinajstić information content (AvgIpc) is 3.30. The molecule has 0 aliphatic heterocycles. The van der Waals surface area contributed by atoms with Crippen molar-refractivity contribution in [2.24, 2.45) is 0 Å². The minimum Gasteiger partial charge on any atom is -0.337 e. The maximum Gasteiger partial charge on any atom is 0.139 e. The third-order valence-corrected chi connectivity index (χ3v) is 6.39. The molecule has 2 nitrogen and oxygen atoms in total. The van der Waals surface area contributed by atoms with Crippen molar-refractivity contribution in [1.82, 2.24) is 9.97 Å². The number of rotatable bonds is 3. The first-order chi connectivity index (χ1) is 16.2. The van der Waals surface area contributed by atoms with E-state index < -0.39 is 0 Å². The number of aryl methyl sites for hydroxylation is 2. The Labute approximate surface area is 193 Å². The molecule has 33 heavy (non-hydrogen) atoms. The van der Waals surface area contributed by atoms with E-state index in [-0.39, 0.29) is 0 Å². The number of fused-ring (bicyclic) bond motifs is 3. The highest BCUT2D eigenvalue weighted by Crippen LogP contribution is 2.38. The fraction of sp³-hybridized carbons (Fsp3) is 0.0645. The van der Waals surface area contributed by atoms with Gasteiger partial charge in [0.15, 0.2) is 0 Å². The quantitative estimate of drug-likeness (QED) is 0.284. The Morgan fingerprint density at radius 2 is 1.15 bits per heavy atom. The van der Waals surface area contributed by atoms with Crippen LogP contribution in [-0.4, -0.2) is 9.97 Å². The van der Waals surface area contributed by atoms with Gasteiger partial charge in [-0.05, 0) is 41.5 Å².